The van der Waals surface area contributed by atoms with Gasteiger partial charge in [0.05, 0.1) is 11.9 Å². The Bertz CT molecular complexity index is 418. The topological polar surface area (TPSA) is 69.9 Å². The van der Waals surface area contributed by atoms with E-state index in [1.54, 1.807) is 10.9 Å². The van der Waals surface area contributed by atoms with Crippen molar-refractivity contribution >= 4 is 0 Å². The minimum Gasteiger partial charge on any atom is -0.359 e. The van der Waals surface area contributed by atoms with Gasteiger partial charge in [0, 0.05) is 18.8 Å². The second-order valence-corrected chi connectivity index (χ2v) is 3.20. The molecule has 0 unspecified atom stereocenters. The first-order valence-electron chi connectivity index (χ1n) is 4.41. The molecule has 5 heteroatoms. The van der Waals surface area contributed by atoms with Gasteiger partial charge in [-0.2, -0.15) is 5.10 Å². The molecule has 0 fully saturated rings. The number of nitrogens with zero attached hydrogens (tertiary/aromatic N) is 3. The lowest BCUT2D eigenvalue weighted by atomic mass is 10.3. The summed E-state index contributed by atoms with van der Waals surface area (Å²) >= 11 is 0. The first-order chi connectivity index (χ1) is 6.78. The maximum atomic E-state index is 5.42. The van der Waals surface area contributed by atoms with E-state index in [0.717, 1.165) is 17.0 Å². The third-order valence-electron chi connectivity index (χ3n) is 1.90. The molecule has 0 bridgehead atoms. The van der Waals surface area contributed by atoms with E-state index in [4.69, 9.17) is 10.3 Å². The molecule has 2 N–H and O–H groups in total. The van der Waals surface area contributed by atoms with Crippen molar-refractivity contribution in [2.24, 2.45) is 5.73 Å². The van der Waals surface area contributed by atoms with Gasteiger partial charge in [-0.05, 0) is 12.5 Å². The van der Waals surface area contributed by atoms with E-state index in [1.165, 1.54) is 0 Å². The summed E-state index contributed by atoms with van der Waals surface area (Å²) in [5.41, 5.74) is 7.31. The van der Waals surface area contributed by atoms with Gasteiger partial charge in [0.15, 0.2) is 5.76 Å². The SMILES string of the molecule is Cc1cnn(Cc2cc(CN)no2)c1. The first kappa shape index (κ1) is 8.96. The Morgan fingerprint density at radius 2 is 2.43 bits per heavy atom. The van der Waals surface area contributed by atoms with E-state index >= 15 is 0 Å². The molecule has 14 heavy (non-hydrogen) atoms. The van der Waals surface area contributed by atoms with Crippen LogP contribution in [0.3, 0.4) is 0 Å². The van der Waals surface area contributed by atoms with Crippen LogP contribution in [-0.4, -0.2) is 14.9 Å². The van der Waals surface area contributed by atoms with E-state index in [1.807, 2.05) is 19.2 Å². The zero-order chi connectivity index (χ0) is 9.97. The molecule has 0 amide bonds. The lowest BCUT2D eigenvalue weighted by molar-refractivity contribution is 0.366. The van der Waals surface area contributed by atoms with Gasteiger partial charge < -0.3 is 10.3 Å². The van der Waals surface area contributed by atoms with Crippen molar-refractivity contribution in [2.45, 2.75) is 20.0 Å². The minimum atomic E-state index is 0.404. The molecule has 2 aromatic rings. The van der Waals surface area contributed by atoms with Gasteiger partial charge in [-0.3, -0.25) is 4.68 Å². The molecule has 2 aromatic heterocycles. The maximum Gasteiger partial charge on any atom is 0.158 e. The van der Waals surface area contributed by atoms with Crippen LogP contribution in [0.5, 0.6) is 0 Å². The summed E-state index contributed by atoms with van der Waals surface area (Å²) in [6.07, 6.45) is 3.75. The summed E-state index contributed by atoms with van der Waals surface area (Å²) in [7, 11) is 0. The second-order valence-electron chi connectivity index (χ2n) is 3.20. The number of rotatable bonds is 3. The fourth-order valence-electron chi connectivity index (χ4n) is 1.24. The Kier molecular flexibility index (Phi) is 2.32. The summed E-state index contributed by atoms with van der Waals surface area (Å²) in [6, 6.07) is 1.84. The van der Waals surface area contributed by atoms with E-state index in [-0.39, 0.29) is 0 Å². The Morgan fingerprint density at radius 1 is 1.57 bits per heavy atom. The molecule has 0 spiro atoms. The molecule has 2 heterocycles. The molecule has 0 aliphatic heterocycles. The Labute approximate surface area is 81.5 Å². The van der Waals surface area contributed by atoms with Crippen LogP contribution in [0.15, 0.2) is 23.0 Å². The highest BCUT2D eigenvalue weighted by atomic mass is 16.5. The summed E-state index contributed by atoms with van der Waals surface area (Å²) in [4.78, 5) is 0. The molecular formula is C9H12N4O. The standard InChI is InChI=1S/C9H12N4O/c1-7-4-11-13(5-7)6-9-2-8(3-10)12-14-9/h2,4-5H,3,6,10H2,1H3. The summed E-state index contributed by atoms with van der Waals surface area (Å²) in [5, 5.41) is 7.94. The number of aryl methyl sites for hydroxylation is 1. The van der Waals surface area contributed by atoms with E-state index in [9.17, 15) is 0 Å². The summed E-state index contributed by atoms with van der Waals surface area (Å²) in [5.74, 6) is 0.772. The van der Waals surface area contributed by atoms with Crippen molar-refractivity contribution in [2.75, 3.05) is 0 Å². The van der Waals surface area contributed by atoms with Crippen molar-refractivity contribution in [3.63, 3.8) is 0 Å². The molecule has 0 saturated carbocycles. The lowest BCUT2D eigenvalue weighted by Crippen LogP contribution is -1.98. The normalized spacial score (nSPS) is 10.7. The van der Waals surface area contributed by atoms with Crippen LogP contribution in [0.4, 0.5) is 0 Å². The average molecular weight is 192 g/mol. The number of nitrogens with two attached hydrogens (primary N) is 1. The smallest absolute Gasteiger partial charge is 0.158 e. The van der Waals surface area contributed by atoms with Gasteiger partial charge in [-0.25, -0.2) is 0 Å². The molecule has 2 rings (SSSR count). The third-order valence-corrected chi connectivity index (χ3v) is 1.90. The molecule has 0 aliphatic carbocycles. The second kappa shape index (κ2) is 3.63. The van der Waals surface area contributed by atoms with E-state index in [2.05, 4.69) is 10.3 Å². The van der Waals surface area contributed by atoms with Crippen molar-refractivity contribution in [3.05, 3.63) is 35.5 Å². The van der Waals surface area contributed by atoms with Crippen molar-refractivity contribution in [1.29, 1.82) is 0 Å². The highest BCUT2D eigenvalue weighted by molar-refractivity contribution is 5.06. The van der Waals surface area contributed by atoms with Gasteiger partial charge in [-0.1, -0.05) is 5.16 Å². The van der Waals surface area contributed by atoms with Gasteiger partial charge >= 0.3 is 0 Å². The zero-order valence-electron chi connectivity index (χ0n) is 7.97. The fraction of sp³-hybridized carbons (Fsp3) is 0.333. The van der Waals surface area contributed by atoms with Gasteiger partial charge in [0.1, 0.15) is 6.54 Å². The predicted molar refractivity (Wildman–Crippen MR) is 50.5 cm³/mol. The number of aromatic nitrogens is 3. The molecule has 0 radical (unpaired) electrons. The Balaban J connectivity index is 2.10. The van der Waals surface area contributed by atoms with Crippen LogP contribution >= 0.6 is 0 Å². The lowest BCUT2D eigenvalue weighted by Gasteiger charge is -1.94. The fourth-order valence-corrected chi connectivity index (χ4v) is 1.24. The molecular weight excluding hydrogens is 180 g/mol. The van der Waals surface area contributed by atoms with Crippen molar-refractivity contribution in [3.8, 4) is 0 Å². The van der Waals surface area contributed by atoms with Crippen LogP contribution in [0.1, 0.15) is 17.0 Å². The monoisotopic (exact) mass is 192 g/mol. The predicted octanol–water partition coefficient (Wildman–Crippen LogP) is 0.687. The Morgan fingerprint density at radius 3 is 3.00 bits per heavy atom. The molecule has 0 aliphatic rings. The highest BCUT2D eigenvalue weighted by Crippen LogP contribution is 2.05. The van der Waals surface area contributed by atoms with Gasteiger partial charge in [0.2, 0.25) is 0 Å². The van der Waals surface area contributed by atoms with Crippen LogP contribution in [-0.2, 0) is 13.1 Å². The summed E-state index contributed by atoms with van der Waals surface area (Å²) in [6.45, 7) is 3.00. The number of hydrogen-bond donors (Lipinski definition) is 1. The molecule has 5 nitrogen and oxygen atoms in total. The van der Waals surface area contributed by atoms with E-state index < -0.39 is 0 Å². The third kappa shape index (κ3) is 1.82. The van der Waals surface area contributed by atoms with Crippen molar-refractivity contribution in [1.82, 2.24) is 14.9 Å². The zero-order valence-corrected chi connectivity index (χ0v) is 7.97. The maximum absolute atomic E-state index is 5.42. The largest absolute Gasteiger partial charge is 0.359 e. The van der Waals surface area contributed by atoms with Crippen LogP contribution in [0, 0.1) is 6.92 Å². The minimum absolute atomic E-state index is 0.404. The van der Waals surface area contributed by atoms with Crippen LogP contribution in [0.2, 0.25) is 0 Å². The highest BCUT2D eigenvalue weighted by Gasteiger charge is 2.03. The van der Waals surface area contributed by atoms with Gasteiger partial charge in [-0.15, -0.1) is 0 Å². The van der Waals surface area contributed by atoms with E-state index in [0.29, 0.717) is 13.1 Å². The number of hydrogen-bond acceptors (Lipinski definition) is 4. The van der Waals surface area contributed by atoms with Gasteiger partial charge in [0.25, 0.3) is 0 Å². The van der Waals surface area contributed by atoms with Crippen molar-refractivity contribution < 1.29 is 4.52 Å². The van der Waals surface area contributed by atoms with Crippen LogP contribution < -0.4 is 5.73 Å². The molecule has 0 aromatic carbocycles. The molecule has 74 valence electrons. The average Bonchev–Trinajstić information content (AvgIpc) is 2.76. The summed E-state index contributed by atoms with van der Waals surface area (Å²) < 4.78 is 6.88. The quantitative estimate of drug-likeness (QED) is 0.776. The van der Waals surface area contributed by atoms with Crippen LogP contribution in [0.25, 0.3) is 0 Å². The Hall–Kier alpha value is -1.62. The molecule has 0 atom stereocenters. The first-order valence-corrected chi connectivity index (χ1v) is 4.41. The molecule has 0 saturated heterocycles.